The van der Waals surface area contributed by atoms with E-state index in [1.54, 1.807) is 18.4 Å². The molecule has 0 atom stereocenters. The molecule has 2 aromatic rings. The van der Waals surface area contributed by atoms with Gasteiger partial charge in [0, 0.05) is 6.42 Å². The normalized spacial score (nSPS) is 10.6. The lowest BCUT2D eigenvalue weighted by Gasteiger charge is -2.05. The highest BCUT2D eigenvalue weighted by Gasteiger charge is 2.09. The van der Waals surface area contributed by atoms with Gasteiger partial charge in [0.1, 0.15) is 11.5 Å². The summed E-state index contributed by atoms with van der Waals surface area (Å²) in [7, 11) is 0. The molecule has 0 amide bonds. The number of halogens is 1. The van der Waals surface area contributed by atoms with Gasteiger partial charge in [-0.05, 0) is 24.0 Å². The summed E-state index contributed by atoms with van der Waals surface area (Å²) in [6, 6.07) is 5.86. The molecule has 2 N–H and O–H groups in total. The molecule has 18 heavy (non-hydrogen) atoms. The molecule has 1 heterocycles. The maximum absolute atomic E-state index is 12.8. The molecule has 0 aliphatic rings. The van der Waals surface area contributed by atoms with Crippen molar-refractivity contribution in [1.82, 2.24) is 14.9 Å². The molecule has 0 fully saturated rings. The first-order chi connectivity index (χ1) is 8.61. The minimum absolute atomic E-state index is 0.238. The van der Waals surface area contributed by atoms with Crippen LogP contribution in [0.25, 0.3) is 0 Å². The van der Waals surface area contributed by atoms with E-state index < -0.39 is 5.56 Å². The van der Waals surface area contributed by atoms with Crippen molar-refractivity contribution < 1.29 is 4.39 Å². The van der Waals surface area contributed by atoms with Crippen LogP contribution in [0.3, 0.4) is 0 Å². The van der Waals surface area contributed by atoms with Crippen LogP contribution in [0, 0.1) is 5.82 Å². The molecule has 2 rings (SSSR count). The van der Waals surface area contributed by atoms with Crippen molar-refractivity contribution in [3.8, 4) is 0 Å². The Labute approximate surface area is 107 Å². The van der Waals surface area contributed by atoms with E-state index in [0.29, 0.717) is 5.16 Å². The number of thioether (sulfide) groups is 1. The zero-order valence-corrected chi connectivity index (χ0v) is 10.4. The Bertz CT molecular complexity index is 611. The molecule has 0 spiro atoms. The second kappa shape index (κ2) is 5.18. The summed E-state index contributed by atoms with van der Waals surface area (Å²) in [5, 5.41) is 8.05. The maximum Gasteiger partial charge on any atom is 0.294 e. The lowest BCUT2D eigenvalue weighted by molar-refractivity contribution is 0.626. The zero-order valence-electron chi connectivity index (χ0n) is 9.63. The van der Waals surface area contributed by atoms with Crippen LogP contribution < -0.4 is 11.4 Å². The molecule has 0 bridgehead atoms. The van der Waals surface area contributed by atoms with E-state index in [1.165, 1.54) is 23.9 Å². The molecule has 0 saturated carbocycles. The van der Waals surface area contributed by atoms with Gasteiger partial charge < -0.3 is 5.84 Å². The van der Waals surface area contributed by atoms with E-state index in [0.717, 1.165) is 10.2 Å². The molecule has 7 heteroatoms. The van der Waals surface area contributed by atoms with E-state index in [4.69, 9.17) is 5.84 Å². The molecule has 94 valence electrons. The van der Waals surface area contributed by atoms with Gasteiger partial charge in [0.15, 0.2) is 0 Å². The molecule has 1 aromatic heterocycles. The number of nitrogens with two attached hydrogens (primary N) is 1. The first kappa shape index (κ1) is 12.6. The fourth-order valence-electron chi connectivity index (χ4n) is 1.47. The third-order valence-electron chi connectivity index (χ3n) is 2.40. The van der Waals surface area contributed by atoms with Crippen molar-refractivity contribution in [1.29, 1.82) is 0 Å². The highest BCUT2D eigenvalue weighted by molar-refractivity contribution is 7.98. The summed E-state index contributed by atoms with van der Waals surface area (Å²) < 4.78 is 13.7. The summed E-state index contributed by atoms with van der Waals surface area (Å²) in [6.07, 6.45) is 2.03. The lowest BCUT2D eigenvalue weighted by Crippen LogP contribution is -2.33. The average molecular weight is 266 g/mol. The summed E-state index contributed by atoms with van der Waals surface area (Å²) >= 11 is 1.24. The van der Waals surface area contributed by atoms with Crippen molar-refractivity contribution in [3.05, 3.63) is 51.7 Å². The minimum Gasteiger partial charge on any atom is -0.334 e. The molecule has 0 radical (unpaired) electrons. The Morgan fingerprint density at radius 2 is 2.00 bits per heavy atom. The van der Waals surface area contributed by atoms with Crippen LogP contribution in [-0.4, -0.2) is 21.1 Å². The van der Waals surface area contributed by atoms with E-state index in [-0.39, 0.29) is 17.9 Å². The van der Waals surface area contributed by atoms with Crippen molar-refractivity contribution in [2.45, 2.75) is 11.6 Å². The van der Waals surface area contributed by atoms with Gasteiger partial charge in [-0.15, -0.1) is 10.2 Å². The maximum atomic E-state index is 12.8. The quantitative estimate of drug-likeness (QED) is 0.657. The van der Waals surface area contributed by atoms with Crippen LogP contribution in [0.15, 0.2) is 34.2 Å². The van der Waals surface area contributed by atoms with Gasteiger partial charge in [0.05, 0.1) is 0 Å². The largest absolute Gasteiger partial charge is 0.334 e. The minimum atomic E-state index is -0.390. The van der Waals surface area contributed by atoms with Crippen LogP contribution in [0.5, 0.6) is 0 Å². The molecule has 1 aromatic carbocycles. The van der Waals surface area contributed by atoms with Crippen molar-refractivity contribution >= 4 is 11.8 Å². The van der Waals surface area contributed by atoms with Crippen LogP contribution in [0.4, 0.5) is 4.39 Å². The highest BCUT2D eigenvalue weighted by Crippen LogP contribution is 2.08. The first-order valence-electron chi connectivity index (χ1n) is 5.14. The molecular weight excluding hydrogens is 255 g/mol. The second-order valence-electron chi connectivity index (χ2n) is 3.61. The van der Waals surface area contributed by atoms with E-state index in [2.05, 4.69) is 10.2 Å². The van der Waals surface area contributed by atoms with Crippen molar-refractivity contribution in [2.24, 2.45) is 0 Å². The number of aromatic nitrogens is 3. The van der Waals surface area contributed by atoms with E-state index in [1.807, 2.05) is 0 Å². The van der Waals surface area contributed by atoms with Gasteiger partial charge in [-0.1, -0.05) is 23.9 Å². The van der Waals surface area contributed by atoms with Crippen LogP contribution >= 0.6 is 11.8 Å². The SMILES string of the molecule is CSc1nnc(Cc2ccc(F)cc2)c(=O)n1N. The Morgan fingerprint density at radius 1 is 1.33 bits per heavy atom. The number of benzene rings is 1. The van der Waals surface area contributed by atoms with E-state index in [9.17, 15) is 9.18 Å². The van der Waals surface area contributed by atoms with Gasteiger partial charge in [-0.2, -0.15) is 4.68 Å². The molecule has 0 aliphatic carbocycles. The number of hydrogen-bond acceptors (Lipinski definition) is 5. The average Bonchev–Trinajstić information content (AvgIpc) is 2.38. The van der Waals surface area contributed by atoms with Crippen LogP contribution in [0.1, 0.15) is 11.3 Å². The summed E-state index contributed by atoms with van der Waals surface area (Å²) in [4.78, 5) is 11.9. The Morgan fingerprint density at radius 3 is 2.61 bits per heavy atom. The van der Waals surface area contributed by atoms with Crippen molar-refractivity contribution in [2.75, 3.05) is 12.1 Å². The first-order valence-corrected chi connectivity index (χ1v) is 6.36. The Kier molecular flexibility index (Phi) is 3.61. The smallest absolute Gasteiger partial charge is 0.294 e. The number of nitrogen functional groups attached to an aromatic ring is 1. The monoisotopic (exact) mass is 266 g/mol. The number of nitrogens with zero attached hydrogens (tertiary/aromatic N) is 3. The van der Waals surface area contributed by atoms with Crippen LogP contribution in [-0.2, 0) is 6.42 Å². The number of rotatable bonds is 3. The van der Waals surface area contributed by atoms with Gasteiger partial charge >= 0.3 is 0 Å². The Balaban J connectivity index is 2.33. The third kappa shape index (κ3) is 2.51. The van der Waals surface area contributed by atoms with Gasteiger partial charge in [0.25, 0.3) is 5.56 Å². The van der Waals surface area contributed by atoms with Crippen LogP contribution in [0.2, 0.25) is 0 Å². The molecular formula is C11H11FN4OS. The van der Waals surface area contributed by atoms with E-state index >= 15 is 0 Å². The second-order valence-corrected chi connectivity index (χ2v) is 4.39. The molecule has 0 aliphatic heterocycles. The number of hydrogen-bond donors (Lipinski definition) is 1. The topological polar surface area (TPSA) is 73.8 Å². The highest BCUT2D eigenvalue weighted by atomic mass is 32.2. The third-order valence-corrected chi connectivity index (χ3v) is 3.04. The Hall–Kier alpha value is -1.89. The predicted octanol–water partition coefficient (Wildman–Crippen LogP) is 0.804. The molecule has 5 nitrogen and oxygen atoms in total. The standard InChI is InChI=1S/C11H11FN4OS/c1-18-11-15-14-9(10(17)16(11)13)6-7-2-4-8(12)5-3-7/h2-5H,6,13H2,1H3. The predicted molar refractivity (Wildman–Crippen MR) is 67.4 cm³/mol. The van der Waals surface area contributed by atoms with Gasteiger partial charge in [0.2, 0.25) is 5.16 Å². The lowest BCUT2D eigenvalue weighted by atomic mass is 10.1. The summed E-state index contributed by atoms with van der Waals surface area (Å²) in [5.41, 5.74) is 0.625. The zero-order chi connectivity index (χ0) is 13.1. The van der Waals surface area contributed by atoms with Gasteiger partial charge in [-0.25, -0.2) is 4.39 Å². The fourth-order valence-corrected chi connectivity index (χ4v) is 1.87. The van der Waals surface area contributed by atoms with Gasteiger partial charge in [-0.3, -0.25) is 4.79 Å². The molecule has 0 unspecified atom stereocenters. The fraction of sp³-hybridized carbons (Fsp3) is 0.182. The summed E-state index contributed by atoms with van der Waals surface area (Å²) in [5.74, 6) is 5.27. The molecule has 0 saturated heterocycles. The summed E-state index contributed by atoms with van der Waals surface area (Å²) in [6.45, 7) is 0. The van der Waals surface area contributed by atoms with Crippen molar-refractivity contribution in [3.63, 3.8) is 0 Å².